The van der Waals surface area contributed by atoms with Gasteiger partial charge in [0.05, 0.1) is 10.6 Å². The van der Waals surface area contributed by atoms with E-state index in [0.717, 1.165) is 27.6 Å². The molecule has 0 saturated heterocycles. The lowest BCUT2D eigenvalue weighted by atomic mass is 10.1. The molecule has 0 atom stereocenters. The van der Waals surface area contributed by atoms with Crippen molar-refractivity contribution in [2.75, 3.05) is 16.2 Å². The zero-order chi connectivity index (χ0) is 22.3. The Morgan fingerprint density at radius 2 is 1.66 bits per heavy atom. The minimum Gasteiger partial charge on any atom is -0.308 e. The van der Waals surface area contributed by atoms with Gasteiger partial charge in [-0.05, 0) is 60.7 Å². The van der Waals surface area contributed by atoms with Crippen LogP contribution in [0.3, 0.4) is 0 Å². The van der Waals surface area contributed by atoms with Crippen LogP contribution in [0.4, 0.5) is 11.4 Å². The highest BCUT2D eigenvalue weighted by Crippen LogP contribution is 2.32. The molecule has 0 aromatic heterocycles. The number of amides is 1. The standard InChI is InChI=1S/C26H22N2O3S/c1-18-9-11-20(12-10-18)26(29)28-16-15-21-17-22(13-14-25(21)28)32(30,31)27-24-8-4-6-19-5-2-3-7-23(19)24/h2-14,17,27H,15-16H2,1H3. The van der Waals surface area contributed by atoms with Crippen LogP contribution in [0.5, 0.6) is 0 Å². The molecule has 4 aromatic carbocycles. The van der Waals surface area contributed by atoms with Crippen molar-refractivity contribution in [2.45, 2.75) is 18.2 Å². The summed E-state index contributed by atoms with van der Waals surface area (Å²) >= 11 is 0. The minimum atomic E-state index is -3.77. The highest BCUT2D eigenvalue weighted by Gasteiger charge is 2.27. The van der Waals surface area contributed by atoms with E-state index in [9.17, 15) is 13.2 Å². The molecule has 4 aromatic rings. The largest absolute Gasteiger partial charge is 0.308 e. The van der Waals surface area contributed by atoms with Gasteiger partial charge in [0, 0.05) is 23.2 Å². The quantitative estimate of drug-likeness (QED) is 0.475. The van der Waals surface area contributed by atoms with Gasteiger partial charge >= 0.3 is 0 Å². The number of sulfonamides is 1. The van der Waals surface area contributed by atoms with Crippen molar-refractivity contribution in [3.05, 3.63) is 102 Å². The highest BCUT2D eigenvalue weighted by molar-refractivity contribution is 7.92. The molecule has 0 radical (unpaired) electrons. The van der Waals surface area contributed by atoms with Crippen molar-refractivity contribution in [3.8, 4) is 0 Å². The SMILES string of the molecule is Cc1ccc(C(=O)N2CCc3cc(S(=O)(=O)Nc4cccc5ccccc45)ccc32)cc1. The Balaban J connectivity index is 1.44. The Morgan fingerprint density at radius 3 is 2.47 bits per heavy atom. The highest BCUT2D eigenvalue weighted by atomic mass is 32.2. The van der Waals surface area contributed by atoms with Crippen molar-refractivity contribution in [1.29, 1.82) is 0 Å². The Hall–Kier alpha value is -3.64. The molecule has 0 aliphatic carbocycles. The Bertz CT molecular complexity index is 1440. The molecule has 1 amide bonds. The summed E-state index contributed by atoms with van der Waals surface area (Å²) < 4.78 is 29.0. The van der Waals surface area contributed by atoms with Gasteiger partial charge in [-0.3, -0.25) is 9.52 Å². The second-order valence-electron chi connectivity index (χ2n) is 8.00. The maximum absolute atomic E-state index is 13.1. The van der Waals surface area contributed by atoms with E-state index < -0.39 is 10.0 Å². The van der Waals surface area contributed by atoms with Gasteiger partial charge in [-0.1, -0.05) is 54.1 Å². The summed E-state index contributed by atoms with van der Waals surface area (Å²) in [6.07, 6.45) is 0.616. The van der Waals surface area contributed by atoms with Crippen LogP contribution in [0.1, 0.15) is 21.5 Å². The van der Waals surface area contributed by atoms with Gasteiger partial charge in [-0.2, -0.15) is 0 Å². The van der Waals surface area contributed by atoms with Crippen LogP contribution in [0.2, 0.25) is 0 Å². The number of anilines is 2. The van der Waals surface area contributed by atoms with Gasteiger partial charge in [0.1, 0.15) is 0 Å². The molecule has 1 aliphatic heterocycles. The lowest BCUT2D eigenvalue weighted by molar-refractivity contribution is 0.0989. The number of carbonyl (C=O) groups excluding carboxylic acids is 1. The molecule has 0 spiro atoms. The zero-order valence-corrected chi connectivity index (χ0v) is 18.4. The Labute approximate surface area is 187 Å². The molecule has 1 heterocycles. The number of nitrogens with one attached hydrogen (secondary N) is 1. The summed E-state index contributed by atoms with van der Waals surface area (Å²) in [5, 5.41) is 1.81. The second-order valence-corrected chi connectivity index (χ2v) is 9.68. The van der Waals surface area contributed by atoms with Crippen molar-refractivity contribution >= 4 is 38.1 Å². The van der Waals surface area contributed by atoms with Gasteiger partial charge in [0.15, 0.2) is 0 Å². The first-order chi connectivity index (χ1) is 15.4. The number of fused-ring (bicyclic) bond motifs is 2. The van der Waals surface area contributed by atoms with Crippen molar-refractivity contribution < 1.29 is 13.2 Å². The van der Waals surface area contributed by atoms with E-state index in [2.05, 4.69) is 4.72 Å². The van der Waals surface area contributed by atoms with E-state index in [1.807, 2.05) is 67.6 Å². The topological polar surface area (TPSA) is 66.5 Å². The maximum Gasteiger partial charge on any atom is 0.261 e. The third kappa shape index (κ3) is 3.63. The second kappa shape index (κ2) is 7.80. The van der Waals surface area contributed by atoms with Crippen LogP contribution in [-0.2, 0) is 16.4 Å². The molecule has 0 unspecified atom stereocenters. The molecule has 5 nitrogen and oxygen atoms in total. The fourth-order valence-electron chi connectivity index (χ4n) is 4.13. The van der Waals surface area contributed by atoms with Gasteiger partial charge in [0.2, 0.25) is 0 Å². The number of carbonyl (C=O) groups is 1. The Morgan fingerprint density at radius 1 is 0.906 bits per heavy atom. The molecule has 5 rings (SSSR count). The molecule has 0 bridgehead atoms. The molecular weight excluding hydrogens is 420 g/mol. The summed E-state index contributed by atoms with van der Waals surface area (Å²) in [5.41, 5.74) is 3.88. The normalized spacial score (nSPS) is 13.2. The predicted molar refractivity (Wildman–Crippen MR) is 128 cm³/mol. The molecule has 1 N–H and O–H groups in total. The number of hydrogen-bond donors (Lipinski definition) is 1. The third-order valence-electron chi connectivity index (χ3n) is 5.83. The number of benzene rings is 4. The first-order valence-corrected chi connectivity index (χ1v) is 11.9. The van der Waals surface area contributed by atoms with Crippen molar-refractivity contribution in [2.24, 2.45) is 0 Å². The molecular formula is C26H22N2O3S. The van der Waals surface area contributed by atoms with Gasteiger partial charge < -0.3 is 4.90 Å². The fraction of sp³-hybridized carbons (Fsp3) is 0.115. The van der Waals surface area contributed by atoms with Gasteiger partial charge in [-0.25, -0.2) is 8.42 Å². The summed E-state index contributed by atoms with van der Waals surface area (Å²) in [4.78, 5) is 14.9. The van der Waals surface area contributed by atoms with E-state index in [0.29, 0.717) is 24.2 Å². The predicted octanol–water partition coefficient (Wildman–Crippen LogP) is 5.15. The van der Waals surface area contributed by atoms with E-state index in [1.165, 1.54) is 0 Å². The monoisotopic (exact) mass is 442 g/mol. The lowest BCUT2D eigenvalue weighted by Crippen LogP contribution is -2.28. The fourth-order valence-corrected chi connectivity index (χ4v) is 5.26. The van der Waals surface area contributed by atoms with Crippen LogP contribution in [0.15, 0.2) is 89.8 Å². The first-order valence-electron chi connectivity index (χ1n) is 10.4. The summed E-state index contributed by atoms with van der Waals surface area (Å²) in [6, 6.07) is 25.6. The van der Waals surface area contributed by atoms with E-state index in [1.54, 1.807) is 29.2 Å². The number of rotatable bonds is 4. The van der Waals surface area contributed by atoms with E-state index in [4.69, 9.17) is 0 Å². The van der Waals surface area contributed by atoms with E-state index >= 15 is 0 Å². The van der Waals surface area contributed by atoms with Crippen molar-refractivity contribution in [1.82, 2.24) is 0 Å². The number of aryl methyl sites for hydroxylation is 1. The molecule has 0 fully saturated rings. The smallest absolute Gasteiger partial charge is 0.261 e. The lowest BCUT2D eigenvalue weighted by Gasteiger charge is -2.18. The van der Waals surface area contributed by atoms with Crippen LogP contribution < -0.4 is 9.62 Å². The van der Waals surface area contributed by atoms with Gasteiger partial charge in [0.25, 0.3) is 15.9 Å². The van der Waals surface area contributed by atoms with Crippen LogP contribution in [0.25, 0.3) is 10.8 Å². The average Bonchev–Trinajstić information content (AvgIpc) is 3.22. The van der Waals surface area contributed by atoms with Gasteiger partial charge in [-0.15, -0.1) is 0 Å². The minimum absolute atomic E-state index is 0.0757. The maximum atomic E-state index is 13.1. The molecule has 32 heavy (non-hydrogen) atoms. The molecule has 6 heteroatoms. The first kappa shape index (κ1) is 20.3. The van der Waals surface area contributed by atoms with Crippen LogP contribution in [0, 0.1) is 6.92 Å². The summed E-state index contributed by atoms with van der Waals surface area (Å²) in [7, 11) is -3.77. The van der Waals surface area contributed by atoms with Crippen molar-refractivity contribution in [3.63, 3.8) is 0 Å². The summed E-state index contributed by atoms with van der Waals surface area (Å²) in [6.45, 7) is 2.51. The summed E-state index contributed by atoms with van der Waals surface area (Å²) in [5.74, 6) is -0.0757. The average molecular weight is 443 g/mol. The zero-order valence-electron chi connectivity index (χ0n) is 17.6. The van der Waals surface area contributed by atoms with Crippen LogP contribution in [-0.4, -0.2) is 20.9 Å². The Kier molecular flexibility index (Phi) is 4.94. The third-order valence-corrected chi connectivity index (χ3v) is 7.20. The van der Waals surface area contributed by atoms with E-state index in [-0.39, 0.29) is 10.8 Å². The molecule has 1 aliphatic rings. The van der Waals surface area contributed by atoms with Crippen LogP contribution >= 0.6 is 0 Å². The number of hydrogen-bond acceptors (Lipinski definition) is 3. The molecule has 0 saturated carbocycles. The number of nitrogens with zero attached hydrogens (tertiary/aromatic N) is 1. The molecule has 160 valence electrons.